The van der Waals surface area contributed by atoms with Gasteiger partial charge in [-0.1, -0.05) is 140 Å². The van der Waals surface area contributed by atoms with Crippen LogP contribution in [0.4, 0.5) is 17.1 Å². The Kier molecular flexibility index (Phi) is 7.61. The maximum absolute atomic E-state index is 2.38. The van der Waals surface area contributed by atoms with Gasteiger partial charge in [0.15, 0.2) is 0 Å². The summed E-state index contributed by atoms with van der Waals surface area (Å²) in [4.78, 5) is 2.38. The van der Waals surface area contributed by atoms with Gasteiger partial charge in [-0.3, -0.25) is 0 Å². The number of nitrogens with zero attached hydrogens (tertiary/aromatic N) is 1. The Morgan fingerprint density at radius 1 is 0.273 bits per heavy atom. The highest BCUT2D eigenvalue weighted by atomic mass is 32.1. The number of anilines is 3. The number of benzene rings is 9. The Balaban J connectivity index is 0.952. The van der Waals surface area contributed by atoms with Crippen molar-refractivity contribution < 1.29 is 0 Å². The SMILES string of the molecule is c1ccc(-c2ccc(N(c3ccccc3)c3ccc(-c4ccc5c(c4)sc4cc(-c6ccc7sc8ccccc8c7c6)ccc45)cc3)c3ccccc23)cc1. The number of fused-ring (bicyclic) bond motifs is 7. The molecular formula is C52H33NS2. The van der Waals surface area contributed by atoms with Crippen molar-refractivity contribution in [2.24, 2.45) is 0 Å². The average molecular weight is 736 g/mol. The van der Waals surface area contributed by atoms with Gasteiger partial charge in [-0.15, -0.1) is 22.7 Å². The second kappa shape index (κ2) is 13.1. The molecule has 0 aliphatic heterocycles. The number of para-hydroxylation sites is 1. The van der Waals surface area contributed by atoms with Gasteiger partial charge in [-0.05, 0) is 99.4 Å². The van der Waals surface area contributed by atoms with Crippen molar-refractivity contribution in [1.82, 2.24) is 0 Å². The minimum absolute atomic E-state index is 1.12. The zero-order valence-corrected chi connectivity index (χ0v) is 31.4. The smallest absolute Gasteiger partial charge is 0.0540 e. The molecule has 1 nitrogen and oxygen atoms in total. The molecule has 11 rings (SSSR count). The van der Waals surface area contributed by atoms with E-state index in [1.807, 2.05) is 22.7 Å². The van der Waals surface area contributed by atoms with E-state index in [-0.39, 0.29) is 0 Å². The predicted molar refractivity (Wildman–Crippen MR) is 241 cm³/mol. The molecule has 0 saturated carbocycles. The predicted octanol–water partition coefficient (Wildman–Crippen LogP) is 16.0. The second-order valence-corrected chi connectivity index (χ2v) is 16.3. The highest BCUT2D eigenvalue weighted by Gasteiger charge is 2.18. The Bertz CT molecular complexity index is 3190. The Hall–Kier alpha value is -6.52. The molecule has 0 bridgehead atoms. The normalized spacial score (nSPS) is 11.6. The zero-order valence-electron chi connectivity index (χ0n) is 29.8. The van der Waals surface area contributed by atoms with E-state index in [1.165, 1.54) is 84.5 Å². The summed E-state index contributed by atoms with van der Waals surface area (Å²) in [5.74, 6) is 0. The van der Waals surface area contributed by atoms with Gasteiger partial charge in [-0.25, -0.2) is 0 Å². The zero-order chi connectivity index (χ0) is 36.3. The lowest BCUT2D eigenvalue weighted by Gasteiger charge is -2.27. The first-order valence-corrected chi connectivity index (χ1v) is 20.3. The summed E-state index contributed by atoms with van der Waals surface area (Å²) < 4.78 is 5.31. The van der Waals surface area contributed by atoms with Crippen LogP contribution in [0, 0.1) is 0 Å². The van der Waals surface area contributed by atoms with Crippen LogP contribution in [0.25, 0.3) is 84.5 Å². The van der Waals surface area contributed by atoms with E-state index < -0.39 is 0 Å². The van der Waals surface area contributed by atoms with Gasteiger partial charge < -0.3 is 4.90 Å². The fraction of sp³-hybridized carbons (Fsp3) is 0. The maximum Gasteiger partial charge on any atom is 0.0540 e. The standard InChI is InChI=1S/C52H33NS2/c1-3-11-35(12-4-1)41-28-29-48(43-16-8-7-15-42(41)43)53(39-13-5-2-6-14-39)40-24-19-34(20-25-40)37-21-26-45-46-27-22-38(33-52(46)55-51(45)32-37)36-23-30-50-47(31-36)44-17-9-10-18-49(44)54-50/h1-33H. The highest BCUT2D eigenvalue weighted by Crippen LogP contribution is 2.44. The molecule has 3 heteroatoms. The average Bonchev–Trinajstić information content (AvgIpc) is 3.82. The minimum Gasteiger partial charge on any atom is -0.310 e. The molecule has 0 radical (unpaired) electrons. The molecule has 9 aromatic carbocycles. The van der Waals surface area contributed by atoms with Crippen molar-refractivity contribution in [1.29, 1.82) is 0 Å². The summed E-state index contributed by atoms with van der Waals surface area (Å²) in [6.07, 6.45) is 0. The molecule has 0 unspecified atom stereocenters. The fourth-order valence-corrected chi connectivity index (χ4v) is 10.5. The lowest BCUT2D eigenvalue weighted by Crippen LogP contribution is -2.10. The number of rotatable bonds is 6. The summed E-state index contributed by atoms with van der Waals surface area (Å²) in [5.41, 5.74) is 10.8. The summed E-state index contributed by atoms with van der Waals surface area (Å²) in [6.45, 7) is 0. The molecule has 0 saturated heterocycles. The van der Waals surface area contributed by atoms with Gasteiger partial charge in [0, 0.05) is 57.1 Å². The Morgan fingerprint density at radius 2 is 0.782 bits per heavy atom. The van der Waals surface area contributed by atoms with E-state index in [2.05, 4.69) is 205 Å². The molecule has 55 heavy (non-hydrogen) atoms. The summed E-state index contributed by atoms with van der Waals surface area (Å²) in [6, 6.07) is 73.3. The van der Waals surface area contributed by atoms with E-state index in [4.69, 9.17) is 0 Å². The molecule has 2 heterocycles. The third-order valence-corrected chi connectivity index (χ3v) is 13.2. The van der Waals surface area contributed by atoms with Gasteiger partial charge in [0.1, 0.15) is 0 Å². The van der Waals surface area contributed by atoms with Crippen molar-refractivity contribution in [2.45, 2.75) is 0 Å². The topological polar surface area (TPSA) is 3.24 Å². The van der Waals surface area contributed by atoms with Gasteiger partial charge >= 0.3 is 0 Å². The maximum atomic E-state index is 2.38. The van der Waals surface area contributed by atoms with Gasteiger partial charge in [0.05, 0.1) is 5.69 Å². The first-order chi connectivity index (χ1) is 27.2. The largest absolute Gasteiger partial charge is 0.310 e. The number of hydrogen-bond acceptors (Lipinski definition) is 3. The van der Waals surface area contributed by atoms with Crippen molar-refractivity contribution in [3.8, 4) is 33.4 Å². The van der Waals surface area contributed by atoms with Crippen LogP contribution < -0.4 is 4.90 Å². The van der Waals surface area contributed by atoms with Gasteiger partial charge in [0.25, 0.3) is 0 Å². The van der Waals surface area contributed by atoms with Crippen molar-refractivity contribution in [3.05, 3.63) is 200 Å². The summed E-state index contributed by atoms with van der Waals surface area (Å²) >= 11 is 3.75. The number of thiophene rings is 2. The van der Waals surface area contributed by atoms with Crippen LogP contribution in [0.2, 0.25) is 0 Å². The van der Waals surface area contributed by atoms with Crippen LogP contribution in [0.15, 0.2) is 200 Å². The molecule has 0 aliphatic carbocycles. The molecule has 0 aliphatic rings. The van der Waals surface area contributed by atoms with Crippen molar-refractivity contribution in [2.75, 3.05) is 4.90 Å². The minimum atomic E-state index is 1.12. The third-order valence-electron chi connectivity index (χ3n) is 10.9. The van der Waals surface area contributed by atoms with Crippen LogP contribution >= 0.6 is 22.7 Å². The quantitative estimate of drug-likeness (QED) is 0.164. The van der Waals surface area contributed by atoms with E-state index in [0.717, 1.165) is 17.1 Å². The fourth-order valence-electron chi connectivity index (χ4n) is 8.20. The van der Waals surface area contributed by atoms with Gasteiger partial charge in [0.2, 0.25) is 0 Å². The Morgan fingerprint density at radius 3 is 1.53 bits per heavy atom. The van der Waals surface area contributed by atoms with Crippen molar-refractivity contribution >= 4 is 90.9 Å². The first kappa shape index (κ1) is 32.0. The molecule has 11 aromatic rings. The molecule has 0 amide bonds. The molecule has 0 fully saturated rings. The Labute approximate surface area is 327 Å². The van der Waals surface area contributed by atoms with Crippen LogP contribution in [0.1, 0.15) is 0 Å². The van der Waals surface area contributed by atoms with Crippen LogP contribution in [0.3, 0.4) is 0 Å². The lowest BCUT2D eigenvalue weighted by atomic mass is 9.96. The molecule has 0 spiro atoms. The highest BCUT2D eigenvalue weighted by molar-refractivity contribution is 7.26. The molecule has 0 N–H and O–H groups in total. The van der Waals surface area contributed by atoms with E-state index >= 15 is 0 Å². The van der Waals surface area contributed by atoms with Crippen LogP contribution in [-0.4, -0.2) is 0 Å². The van der Waals surface area contributed by atoms with Gasteiger partial charge in [-0.2, -0.15) is 0 Å². The molecule has 0 atom stereocenters. The van der Waals surface area contributed by atoms with Crippen LogP contribution in [0.5, 0.6) is 0 Å². The van der Waals surface area contributed by atoms with Crippen LogP contribution in [-0.2, 0) is 0 Å². The molecule has 2 aromatic heterocycles. The molecule has 258 valence electrons. The van der Waals surface area contributed by atoms with Crippen molar-refractivity contribution in [3.63, 3.8) is 0 Å². The second-order valence-electron chi connectivity index (χ2n) is 14.1. The number of hydrogen-bond donors (Lipinski definition) is 0. The monoisotopic (exact) mass is 735 g/mol. The van der Waals surface area contributed by atoms with E-state index in [9.17, 15) is 0 Å². The summed E-state index contributed by atoms with van der Waals surface area (Å²) in [5, 5.41) is 7.77. The third kappa shape index (κ3) is 5.51. The first-order valence-electron chi connectivity index (χ1n) is 18.7. The summed E-state index contributed by atoms with van der Waals surface area (Å²) in [7, 11) is 0. The van der Waals surface area contributed by atoms with E-state index in [0.29, 0.717) is 0 Å². The van der Waals surface area contributed by atoms with E-state index in [1.54, 1.807) is 0 Å². The molecular weight excluding hydrogens is 703 g/mol. The lowest BCUT2D eigenvalue weighted by molar-refractivity contribution is 1.30.